The van der Waals surface area contributed by atoms with Crippen LogP contribution in [-0.2, 0) is 6.54 Å². The summed E-state index contributed by atoms with van der Waals surface area (Å²) >= 11 is 5.42. The molecule has 4 heteroatoms. The summed E-state index contributed by atoms with van der Waals surface area (Å²) < 4.78 is 1.25. The molecule has 3 rings (SSSR count). The molecule has 1 saturated heterocycles. The molecular formula is C13H19BrN2S. The second kappa shape index (κ2) is 5.00. The fourth-order valence-electron chi connectivity index (χ4n) is 2.81. The lowest BCUT2D eigenvalue weighted by molar-refractivity contribution is 0.255. The Kier molecular flexibility index (Phi) is 3.57. The van der Waals surface area contributed by atoms with Crippen molar-refractivity contribution in [3.8, 4) is 0 Å². The van der Waals surface area contributed by atoms with Crippen molar-refractivity contribution in [1.82, 2.24) is 10.2 Å². The molecule has 1 aliphatic heterocycles. The smallest absolute Gasteiger partial charge is 0.0327 e. The third kappa shape index (κ3) is 2.75. The lowest BCUT2D eigenvalue weighted by Crippen LogP contribution is -2.33. The highest BCUT2D eigenvalue weighted by Crippen LogP contribution is 2.33. The fourth-order valence-corrected chi connectivity index (χ4v) is 4.25. The molecule has 1 aliphatic carbocycles. The summed E-state index contributed by atoms with van der Waals surface area (Å²) in [6.45, 7) is 4.63. The van der Waals surface area contributed by atoms with Gasteiger partial charge in [0.05, 0.1) is 0 Å². The van der Waals surface area contributed by atoms with Crippen LogP contribution in [0.2, 0.25) is 0 Å². The topological polar surface area (TPSA) is 15.3 Å². The first kappa shape index (κ1) is 12.2. The average molecular weight is 315 g/mol. The van der Waals surface area contributed by atoms with Crippen LogP contribution in [0.15, 0.2) is 15.9 Å². The van der Waals surface area contributed by atoms with Gasteiger partial charge in [0.25, 0.3) is 0 Å². The summed E-state index contributed by atoms with van der Waals surface area (Å²) in [5.41, 5.74) is 0. The Morgan fingerprint density at radius 2 is 2.35 bits per heavy atom. The van der Waals surface area contributed by atoms with E-state index in [-0.39, 0.29) is 0 Å². The second-order valence-electron chi connectivity index (χ2n) is 5.28. The first-order valence-electron chi connectivity index (χ1n) is 6.45. The predicted molar refractivity (Wildman–Crippen MR) is 76.5 cm³/mol. The Morgan fingerprint density at radius 1 is 1.53 bits per heavy atom. The normalized spacial score (nSPS) is 30.0. The van der Waals surface area contributed by atoms with Crippen molar-refractivity contribution in [2.45, 2.75) is 50.9 Å². The van der Waals surface area contributed by atoms with E-state index in [1.807, 2.05) is 11.3 Å². The van der Waals surface area contributed by atoms with Crippen LogP contribution in [0.4, 0.5) is 0 Å². The van der Waals surface area contributed by atoms with E-state index in [2.05, 4.69) is 44.5 Å². The van der Waals surface area contributed by atoms with E-state index in [4.69, 9.17) is 0 Å². The van der Waals surface area contributed by atoms with Gasteiger partial charge in [-0.1, -0.05) is 0 Å². The average Bonchev–Trinajstić information content (AvgIpc) is 2.96. The lowest BCUT2D eigenvalue weighted by Gasteiger charge is -2.19. The zero-order chi connectivity index (χ0) is 11.8. The largest absolute Gasteiger partial charge is 0.308 e. The summed E-state index contributed by atoms with van der Waals surface area (Å²) in [6, 6.07) is 4.49. The minimum atomic E-state index is 0.680. The number of hydrogen-bond acceptors (Lipinski definition) is 3. The Morgan fingerprint density at radius 3 is 3.00 bits per heavy atom. The summed E-state index contributed by atoms with van der Waals surface area (Å²) in [7, 11) is 0. The van der Waals surface area contributed by atoms with Crippen LogP contribution in [0, 0.1) is 0 Å². The zero-order valence-electron chi connectivity index (χ0n) is 10.2. The van der Waals surface area contributed by atoms with Crippen LogP contribution in [0.1, 0.15) is 31.1 Å². The second-order valence-corrected chi connectivity index (χ2v) is 7.14. The van der Waals surface area contributed by atoms with Gasteiger partial charge in [-0.3, -0.25) is 4.90 Å². The van der Waals surface area contributed by atoms with Crippen molar-refractivity contribution in [2.75, 3.05) is 6.54 Å². The molecule has 2 heterocycles. The minimum Gasteiger partial charge on any atom is -0.308 e. The number of rotatable bonds is 4. The molecule has 1 aromatic rings. The van der Waals surface area contributed by atoms with E-state index in [0.29, 0.717) is 6.04 Å². The number of likely N-dealkylation sites (tertiary alicyclic amines) is 1. The summed E-state index contributed by atoms with van der Waals surface area (Å²) in [6.07, 6.45) is 4.15. The summed E-state index contributed by atoms with van der Waals surface area (Å²) in [5, 5.41) is 5.85. The molecule has 2 nitrogen and oxygen atoms in total. The zero-order valence-corrected chi connectivity index (χ0v) is 12.6. The highest BCUT2D eigenvalue weighted by molar-refractivity contribution is 9.10. The molecule has 0 bridgehead atoms. The molecule has 2 aliphatic rings. The monoisotopic (exact) mass is 314 g/mol. The maximum atomic E-state index is 3.71. The van der Waals surface area contributed by atoms with Gasteiger partial charge in [-0.2, -0.15) is 0 Å². The molecule has 0 radical (unpaired) electrons. The van der Waals surface area contributed by atoms with Crippen molar-refractivity contribution < 1.29 is 0 Å². The van der Waals surface area contributed by atoms with Gasteiger partial charge in [-0.05, 0) is 53.6 Å². The van der Waals surface area contributed by atoms with E-state index < -0.39 is 0 Å². The minimum absolute atomic E-state index is 0.680. The van der Waals surface area contributed by atoms with Crippen LogP contribution < -0.4 is 5.32 Å². The Balaban J connectivity index is 1.51. The van der Waals surface area contributed by atoms with Crippen molar-refractivity contribution in [3.63, 3.8) is 0 Å². The fraction of sp³-hybridized carbons (Fsp3) is 0.692. The number of nitrogens with one attached hydrogen (secondary N) is 1. The molecule has 0 amide bonds. The van der Waals surface area contributed by atoms with Gasteiger partial charge >= 0.3 is 0 Å². The molecule has 2 unspecified atom stereocenters. The van der Waals surface area contributed by atoms with E-state index in [1.165, 1.54) is 35.2 Å². The molecule has 94 valence electrons. The predicted octanol–water partition coefficient (Wildman–Crippen LogP) is 3.23. The van der Waals surface area contributed by atoms with Crippen LogP contribution in [0.3, 0.4) is 0 Å². The Bertz CT molecular complexity index is 389. The Hall–Kier alpha value is 0.1000. The molecule has 1 aromatic heterocycles. The third-order valence-electron chi connectivity index (χ3n) is 3.88. The molecule has 0 aromatic carbocycles. The van der Waals surface area contributed by atoms with Gasteiger partial charge in [0.15, 0.2) is 0 Å². The molecule has 2 atom stereocenters. The van der Waals surface area contributed by atoms with Crippen LogP contribution in [0.5, 0.6) is 0 Å². The highest BCUT2D eigenvalue weighted by atomic mass is 79.9. The van der Waals surface area contributed by atoms with Gasteiger partial charge in [0.2, 0.25) is 0 Å². The van der Waals surface area contributed by atoms with Gasteiger partial charge < -0.3 is 5.32 Å². The van der Waals surface area contributed by atoms with E-state index in [9.17, 15) is 0 Å². The lowest BCUT2D eigenvalue weighted by atomic mass is 10.2. The molecule has 1 saturated carbocycles. The maximum Gasteiger partial charge on any atom is 0.0327 e. The molecular weight excluding hydrogens is 296 g/mol. The van der Waals surface area contributed by atoms with Crippen molar-refractivity contribution in [2.24, 2.45) is 0 Å². The van der Waals surface area contributed by atoms with Crippen molar-refractivity contribution >= 4 is 27.3 Å². The van der Waals surface area contributed by atoms with Crippen LogP contribution in [0.25, 0.3) is 0 Å². The van der Waals surface area contributed by atoms with Crippen LogP contribution >= 0.6 is 27.3 Å². The summed E-state index contributed by atoms with van der Waals surface area (Å²) in [4.78, 5) is 4.11. The number of hydrogen-bond donors (Lipinski definition) is 1. The van der Waals surface area contributed by atoms with E-state index in [0.717, 1.165) is 18.6 Å². The first-order valence-corrected chi connectivity index (χ1v) is 8.12. The van der Waals surface area contributed by atoms with Crippen LogP contribution in [-0.4, -0.2) is 29.6 Å². The number of thiophene rings is 1. The number of nitrogens with zero attached hydrogens (tertiary/aromatic N) is 1. The SMILES string of the molecule is CC1CC(NCc2sccc2Br)CN1C1CC1. The van der Waals surface area contributed by atoms with Gasteiger partial charge in [0, 0.05) is 40.6 Å². The third-order valence-corrected chi connectivity index (χ3v) is 5.81. The quantitative estimate of drug-likeness (QED) is 0.918. The van der Waals surface area contributed by atoms with Gasteiger partial charge in [0.1, 0.15) is 0 Å². The van der Waals surface area contributed by atoms with E-state index >= 15 is 0 Å². The van der Waals surface area contributed by atoms with Crippen molar-refractivity contribution in [1.29, 1.82) is 0 Å². The van der Waals surface area contributed by atoms with Gasteiger partial charge in [-0.15, -0.1) is 11.3 Å². The first-order chi connectivity index (χ1) is 8.24. The van der Waals surface area contributed by atoms with Gasteiger partial charge in [-0.25, -0.2) is 0 Å². The molecule has 0 spiro atoms. The van der Waals surface area contributed by atoms with Crippen molar-refractivity contribution in [3.05, 3.63) is 20.8 Å². The Labute approximate surface area is 116 Å². The maximum absolute atomic E-state index is 3.71. The summed E-state index contributed by atoms with van der Waals surface area (Å²) in [5.74, 6) is 0. The molecule has 2 fully saturated rings. The van der Waals surface area contributed by atoms with E-state index in [1.54, 1.807) is 0 Å². The molecule has 17 heavy (non-hydrogen) atoms. The molecule has 1 N–H and O–H groups in total. The number of halogens is 1. The standard InChI is InChI=1S/C13H19BrN2S/c1-9-6-10(8-16(9)11-2-3-11)15-7-13-12(14)4-5-17-13/h4-5,9-11,15H,2-3,6-8H2,1H3. The highest BCUT2D eigenvalue weighted by Gasteiger charge is 2.38.